The number of carboxylic acids is 1. The third kappa shape index (κ3) is 4.25. The lowest BCUT2D eigenvalue weighted by Gasteiger charge is -2.22. The van der Waals surface area contributed by atoms with Crippen LogP contribution < -0.4 is 10.6 Å². The predicted molar refractivity (Wildman–Crippen MR) is 90.7 cm³/mol. The number of aliphatic carboxylic acids is 1. The normalized spacial score (nSPS) is 20.1. The van der Waals surface area contributed by atoms with Gasteiger partial charge >= 0.3 is 5.97 Å². The molecule has 1 saturated heterocycles. The highest BCUT2D eigenvalue weighted by Crippen LogP contribution is 2.39. The minimum Gasteiger partial charge on any atom is -0.481 e. The van der Waals surface area contributed by atoms with Crippen molar-refractivity contribution in [1.29, 1.82) is 0 Å². The van der Waals surface area contributed by atoms with Crippen LogP contribution in [0, 0.1) is 12.3 Å². The standard InChI is InChI=1S/C16H20N2O4S/c1-10-3-4-12(7-13(10)17-11(2)19)18-14(20)8-16(15(21)22)5-6-23-9-16/h3-4,7H,5-6,8-9H2,1-2H3,(H,17,19)(H,18,20)(H,21,22)/t16-/m0/s1. The summed E-state index contributed by atoms with van der Waals surface area (Å²) in [7, 11) is 0. The van der Waals surface area contributed by atoms with Gasteiger partial charge in [0.25, 0.3) is 0 Å². The van der Waals surface area contributed by atoms with Crippen molar-refractivity contribution >= 4 is 40.9 Å². The molecule has 1 fully saturated rings. The lowest BCUT2D eigenvalue weighted by Crippen LogP contribution is -2.35. The zero-order chi connectivity index (χ0) is 17.0. The average molecular weight is 336 g/mol. The van der Waals surface area contributed by atoms with Gasteiger partial charge in [-0.15, -0.1) is 0 Å². The monoisotopic (exact) mass is 336 g/mol. The number of hydrogen-bond donors (Lipinski definition) is 3. The van der Waals surface area contributed by atoms with E-state index in [1.54, 1.807) is 30.0 Å². The van der Waals surface area contributed by atoms with Gasteiger partial charge < -0.3 is 15.7 Å². The minimum absolute atomic E-state index is 0.0430. The van der Waals surface area contributed by atoms with Gasteiger partial charge in [0, 0.05) is 30.5 Å². The molecule has 1 heterocycles. The molecule has 2 amide bonds. The van der Waals surface area contributed by atoms with Crippen LogP contribution in [-0.4, -0.2) is 34.4 Å². The molecule has 1 aliphatic rings. The number of anilines is 2. The smallest absolute Gasteiger partial charge is 0.311 e. The molecule has 0 spiro atoms. The molecule has 124 valence electrons. The third-order valence-corrected chi connectivity index (χ3v) is 5.14. The van der Waals surface area contributed by atoms with Gasteiger partial charge in [-0.3, -0.25) is 14.4 Å². The van der Waals surface area contributed by atoms with Crippen LogP contribution in [0.1, 0.15) is 25.3 Å². The van der Waals surface area contributed by atoms with Crippen molar-refractivity contribution in [1.82, 2.24) is 0 Å². The van der Waals surface area contributed by atoms with Crippen molar-refractivity contribution in [2.75, 3.05) is 22.1 Å². The SMILES string of the molecule is CC(=O)Nc1cc(NC(=O)C[C@@]2(C(=O)O)CCSC2)ccc1C. The summed E-state index contributed by atoms with van der Waals surface area (Å²) in [5, 5.41) is 14.8. The fourth-order valence-electron chi connectivity index (χ4n) is 2.53. The maximum atomic E-state index is 12.2. The lowest BCUT2D eigenvalue weighted by molar-refractivity contribution is -0.149. The molecule has 0 unspecified atom stereocenters. The Kier molecular flexibility index (Phi) is 5.30. The van der Waals surface area contributed by atoms with Crippen LogP contribution in [-0.2, 0) is 14.4 Å². The zero-order valence-corrected chi connectivity index (χ0v) is 14.0. The van der Waals surface area contributed by atoms with Gasteiger partial charge in [-0.1, -0.05) is 6.07 Å². The van der Waals surface area contributed by atoms with Crippen LogP contribution in [0.25, 0.3) is 0 Å². The quantitative estimate of drug-likeness (QED) is 0.768. The van der Waals surface area contributed by atoms with Gasteiger partial charge in [0.05, 0.1) is 5.41 Å². The van der Waals surface area contributed by atoms with Crippen LogP contribution >= 0.6 is 11.8 Å². The highest BCUT2D eigenvalue weighted by atomic mass is 32.2. The minimum atomic E-state index is -0.972. The van der Waals surface area contributed by atoms with Crippen LogP contribution in [0.15, 0.2) is 18.2 Å². The fourth-order valence-corrected chi connectivity index (χ4v) is 3.97. The maximum Gasteiger partial charge on any atom is 0.311 e. The molecule has 7 heteroatoms. The molecule has 1 aromatic rings. The number of hydrogen-bond acceptors (Lipinski definition) is 4. The molecule has 0 aliphatic carbocycles. The summed E-state index contributed by atoms with van der Waals surface area (Å²) in [6, 6.07) is 5.19. The number of rotatable bonds is 5. The van der Waals surface area contributed by atoms with Crippen LogP contribution in [0.2, 0.25) is 0 Å². The number of carbonyl (C=O) groups is 3. The second kappa shape index (κ2) is 7.04. The highest BCUT2D eigenvalue weighted by molar-refractivity contribution is 7.99. The summed E-state index contributed by atoms with van der Waals surface area (Å²) in [5.41, 5.74) is 1.07. The second-order valence-corrected chi connectivity index (χ2v) is 6.93. The molecule has 1 atom stereocenters. The summed E-state index contributed by atoms with van der Waals surface area (Å²) in [6.07, 6.45) is 0.462. The molecule has 0 aromatic heterocycles. The van der Waals surface area contributed by atoms with Crippen molar-refractivity contribution in [2.45, 2.75) is 26.7 Å². The zero-order valence-electron chi connectivity index (χ0n) is 13.1. The van der Waals surface area contributed by atoms with Gasteiger partial charge in [0.2, 0.25) is 11.8 Å². The number of benzene rings is 1. The molecule has 23 heavy (non-hydrogen) atoms. The Morgan fingerprint density at radius 3 is 2.61 bits per heavy atom. The molecular formula is C16H20N2O4S. The first kappa shape index (κ1) is 17.3. The van der Waals surface area contributed by atoms with Gasteiger partial charge in [-0.25, -0.2) is 0 Å². The van der Waals surface area contributed by atoms with E-state index in [1.165, 1.54) is 6.92 Å². The van der Waals surface area contributed by atoms with E-state index >= 15 is 0 Å². The van der Waals surface area contributed by atoms with Gasteiger partial charge in [0.15, 0.2) is 0 Å². The Bertz CT molecular complexity index is 639. The van der Waals surface area contributed by atoms with Crippen LogP contribution in [0.4, 0.5) is 11.4 Å². The van der Waals surface area contributed by atoms with E-state index in [2.05, 4.69) is 10.6 Å². The number of thioether (sulfide) groups is 1. The Morgan fingerprint density at radius 1 is 1.30 bits per heavy atom. The number of carbonyl (C=O) groups excluding carboxylic acids is 2. The van der Waals surface area contributed by atoms with E-state index in [4.69, 9.17) is 0 Å². The largest absolute Gasteiger partial charge is 0.481 e. The van der Waals surface area contributed by atoms with E-state index in [0.29, 0.717) is 23.5 Å². The average Bonchev–Trinajstić information content (AvgIpc) is 2.91. The number of nitrogens with one attached hydrogen (secondary N) is 2. The first-order chi connectivity index (χ1) is 10.8. The van der Waals surface area contributed by atoms with Gasteiger partial charge in [-0.05, 0) is 36.8 Å². The lowest BCUT2D eigenvalue weighted by atomic mass is 9.84. The van der Waals surface area contributed by atoms with E-state index < -0.39 is 11.4 Å². The third-order valence-electron chi connectivity index (χ3n) is 3.89. The van der Waals surface area contributed by atoms with Crippen LogP contribution in [0.5, 0.6) is 0 Å². The Balaban J connectivity index is 2.08. The maximum absolute atomic E-state index is 12.2. The summed E-state index contributed by atoms with van der Waals surface area (Å²) in [5.74, 6) is -0.213. The molecule has 0 radical (unpaired) electrons. The second-order valence-electron chi connectivity index (χ2n) is 5.82. The molecular weight excluding hydrogens is 316 g/mol. The summed E-state index contributed by atoms with van der Waals surface area (Å²) < 4.78 is 0. The van der Waals surface area contributed by atoms with Crippen molar-refractivity contribution in [3.05, 3.63) is 23.8 Å². The highest BCUT2D eigenvalue weighted by Gasteiger charge is 2.43. The molecule has 3 N–H and O–H groups in total. The molecule has 1 aromatic carbocycles. The van der Waals surface area contributed by atoms with E-state index in [9.17, 15) is 19.5 Å². The van der Waals surface area contributed by atoms with Crippen molar-refractivity contribution in [3.8, 4) is 0 Å². The number of aryl methyl sites for hydroxylation is 1. The molecule has 6 nitrogen and oxygen atoms in total. The molecule has 0 saturated carbocycles. The predicted octanol–water partition coefficient (Wildman–Crippen LogP) is 2.49. The summed E-state index contributed by atoms with van der Waals surface area (Å²) >= 11 is 1.56. The molecule has 1 aliphatic heterocycles. The van der Waals surface area contributed by atoms with E-state index in [-0.39, 0.29) is 18.2 Å². The first-order valence-corrected chi connectivity index (χ1v) is 8.47. The first-order valence-electron chi connectivity index (χ1n) is 7.32. The Labute approximate surface area is 139 Å². The number of amides is 2. The Hall–Kier alpha value is -2.02. The Morgan fingerprint density at radius 2 is 2.04 bits per heavy atom. The van der Waals surface area contributed by atoms with E-state index in [0.717, 1.165) is 11.3 Å². The van der Waals surface area contributed by atoms with E-state index in [1.807, 2.05) is 6.92 Å². The van der Waals surface area contributed by atoms with Crippen molar-refractivity contribution in [3.63, 3.8) is 0 Å². The fraction of sp³-hybridized carbons (Fsp3) is 0.438. The van der Waals surface area contributed by atoms with Crippen molar-refractivity contribution in [2.24, 2.45) is 5.41 Å². The molecule has 2 rings (SSSR count). The van der Waals surface area contributed by atoms with Crippen LogP contribution in [0.3, 0.4) is 0 Å². The van der Waals surface area contributed by atoms with Gasteiger partial charge in [0.1, 0.15) is 0 Å². The summed E-state index contributed by atoms with van der Waals surface area (Å²) in [4.78, 5) is 34.9. The summed E-state index contributed by atoms with van der Waals surface area (Å²) in [6.45, 7) is 3.27. The van der Waals surface area contributed by atoms with Crippen molar-refractivity contribution < 1.29 is 19.5 Å². The van der Waals surface area contributed by atoms with Gasteiger partial charge in [-0.2, -0.15) is 11.8 Å². The number of carboxylic acid groups (broad SMARTS) is 1. The topological polar surface area (TPSA) is 95.5 Å². The molecule has 0 bridgehead atoms.